The van der Waals surface area contributed by atoms with Gasteiger partial charge in [-0.25, -0.2) is 4.79 Å². The van der Waals surface area contributed by atoms with Gasteiger partial charge < -0.3 is 4.74 Å². The highest BCUT2D eigenvalue weighted by Gasteiger charge is 2.39. The normalized spacial score (nSPS) is 23.2. The second-order valence-electron chi connectivity index (χ2n) is 8.60. The highest BCUT2D eigenvalue weighted by atomic mass is 16.7. The van der Waals surface area contributed by atoms with Crippen LogP contribution in [0.25, 0.3) is 11.1 Å². The quantitative estimate of drug-likeness (QED) is 0.390. The summed E-state index contributed by atoms with van der Waals surface area (Å²) in [5, 5.41) is 1.24. The molecule has 0 spiro atoms. The molecule has 2 aliphatic carbocycles. The molecule has 4 aliphatic rings. The lowest BCUT2D eigenvalue weighted by atomic mass is 9.83. The molecule has 5 heteroatoms. The van der Waals surface area contributed by atoms with Crippen molar-refractivity contribution in [2.24, 2.45) is 0 Å². The molecular weight excluding hydrogens is 388 g/mol. The highest BCUT2D eigenvalue weighted by molar-refractivity contribution is 5.85. The lowest BCUT2D eigenvalue weighted by molar-refractivity contribution is -0.0314. The number of piperidine rings is 2. The minimum atomic E-state index is -0.437. The second kappa shape index (κ2) is 9.67. The zero-order chi connectivity index (χ0) is 21.8. The standard InChI is InChI=1S/C20H28N2O3.C6H4/c1-4-11-21-16-8-6-9-17(21)14-19(13-16)25-20(23)22(24-3)18-10-5-7-15(2)12-18;1-2-5-4-6(5)3-1/h4-5,7,10,12,16-17,19H,1,6,8-9,11,13-14H2,2-3H3;1-4H. The van der Waals surface area contributed by atoms with Crippen molar-refractivity contribution >= 4 is 11.8 Å². The van der Waals surface area contributed by atoms with E-state index in [1.807, 2.05) is 37.3 Å². The average molecular weight is 421 g/mol. The van der Waals surface area contributed by atoms with Crippen LogP contribution in [0.1, 0.15) is 37.7 Å². The maximum Gasteiger partial charge on any atom is 0.439 e. The molecule has 2 fully saturated rings. The van der Waals surface area contributed by atoms with Crippen LogP contribution in [0.3, 0.4) is 0 Å². The van der Waals surface area contributed by atoms with Crippen molar-refractivity contribution in [2.45, 2.75) is 57.2 Å². The number of nitrogens with zero attached hydrogens (tertiary/aromatic N) is 2. The molecule has 2 aliphatic heterocycles. The Hall–Kier alpha value is -2.63. The number of benzene rings is 2. The van der Waals surface area contributed by atoms with Crippen LogP contribution >= 0.6 is 0 Å². The topological polar surface area (TPSA) is 42.0 Å². The maximum absolute atomic E-state index is 12.6. The minimum Gasteiger partial charge on any atom is -0.444 e. The number of carbonyl (C=O) groups excluding carboxylic acids is 1. The molecule has 0 N–H and O–H groups in total. The Morgan fingerprint density at radius 2 is 1.81 bits per heavy atom. The van der Waals surface area contributed by atoms with Gasteiger partial charge in [0.15, 0.2) is 0 Å². The first-order chi connectivity index (χ1) is 15.1. The predicted molar refractivity (Wildman–Crippen MR) is 124 cm³/mol. The lowest BCUT2D eigenvalue weighted by Gasteiger charge is -2.48. The van der Waals surface area contributed by atoms with E-state index in [-0.39, 0.29) is 6.10 Å². The van der Waals surface area contributed by atoms with E-state index in [1.165, 1.54) is 42.6 Å². The number of fused-ring (bicyclic) bond motifs is 3. The van der Waals surface area contributed by atoms with Crippen molar-refractivity contribution in [1.82, 2.24) is 4.90 Å². The van der Waals surface area contributed by atoms with E-state index in [1.54, 1.807) is 0 Å². The highest BCUT2D eigenvalue weighted by Crippen LogP contribution is 2.35. The number of hydroxylamine groups is 1. The fourth-order valence-corrected chi connectivity index (χ4v) is 4.88. The molecule has 0 saturated carbocycles. The van der Waals surface area contributed by atoms with Crippen LogP contribution in [0, 0.1) is 6.92 Å². The van der Waals surface area contributed by atoms with Crippen molar-refractivity contribution in [3.05, 3.63) is 66.7 Å². The van der Waals surface area contributed by atoms with Crippen LogP contribution in [0.4, 0.5) is 10.5 Å². The predicted octanol–water partition coefficient (Wildman–Crippen LogP) is 5.74. The summed E-state index contributed by atoms with van der Waals surface area (Å²) in [5.74, 6) is 0. The van der Waals surface area contributed by atoms with Gasteiger partial charge in [-0.15, -0.1) is 6.58 Å². The van der Waals surface area contributed by atoms with Crippen LogP contribution in [0.15, 0.2) is 61.2 Å². The van der Waals surface area contributed by atoms with Gasteiger partial charge >= 0.3 is 6.09 Å². The molecule has 1 aromatic rings. The van der Waals surface area contributed by atoms with Gasteiger partial charge in [-0.1, -0.05) is 42.8 Å². The van der Waals surface area contributed by atoms with Crippen LogP contribution in [0.2, 0.25) is 0 Å². The zero-order valence-corrected chi connectivity index (χ0v) is 18.5. The Labute approximate surface area is 185 Å². The van der Waals surface area contributed by atoms with Gasteiger partial charge in [0.2, 0.25) is 0 Å². The van der Waals surface area contributed by atoms with Crippen LogP contribution < -0.4 is 5.06 Å². The Bertz CT molecular complexity index is 897. The van der Waals surface area contributed by atoms with E-state index in [9.17, 15) is 4.79 Å². The Morgan fingerprint density at radius 1 is 1.13 bits per heavy atom. The van der Waals surface area contributed by atoms with E-state index in [2.05, 4.69) is 35.7 Å². The number of anilines is 1. The van der Waals surface area contributed by atoms with Gasteiger partial charge in [0, 0.05) is 31.5 Å². The van der Waals surface area contributed by atoms with Crippen molar-refractivity contribution in [3.8, 4) is 11.1 Å². The SMILES string of the molecule is C=CCN1C2CCCC1CC(OC(=O)N(OC)c1cccc(C)c1)C2.c1cc2cc-2c1. The van der Waals surface area contributed by atoms with Crippen LogP contribution in [0.5, 0.6) is 0 Å². The van der Waals surface area contributed by atoms with E-state index in [0.29, 0.717) is 17.8 Å². The first-order valence-corrected chi connectivity index (χ1v) is 11.2. The molecule has 0 aromatic heterocycles. The third-order valence-electron chi connectivity index (χ3n) is 6.39. The molecule has 2 bridgehead atoms. The van der Waals surface area contributed by atoms with Gasteiger partial charge in [-0.2, -0.15) is 5.06 Å². The number of carbonyl (C=O) groups is 1. The number of ether oxygens (including phenoxy) is 1. The molecule has 0 radical (unpaired) electrons. The zero-order valence-electron chi connectivity index (χ0n) is 18.5. The number of rotatable bonds is 5. The number of hydrogen-bond donors (Lipinski definition) is 0. The molecule has 2 heterocycles. The van der Waals surface area contributed by atoms with Gasteiger partial charge in [0.1, 0.15) is 6.10 Å². The molecule has 164 valence electrons. The third-order valence-corrected chi connectivity index (χ3v) is 6.39. The molecule has 1 amide bonds. The summed E-state index contributed by atoms with van der Waals surface area (Å²) < 4.78 is 5.81. The van der Waals surface area contributed by atoms with Crippen molar-refractivity contribution < 1.29 is 14.4 Å². The molecule has 2 saturated heterocycles. The van der Waals surface area contributed by atoms with E-state index >= 15 is 0 Å². The number of hydrogen-bond acceptors (Lipinski definition) is 4. The fraction of sp³-hybridized carbons (Fsp3) is 0.423. The summed E-state index contributed by atoms with van der Waals surface area (Å²) in [7, 11) is 1.49. The first-order valence-electron chi connectivity index (χ1n) is 11.2. The molecule has 5 nitrogen and oxygen atoms in total. The summed E-state index contributed by atoms with van der Waals surface area (Å²) in [5.41, 5.74) is 4.61. The van der Waals surface area contributed by atoms with Crippen molar-refractivity contribution in [2.75, 3.05) is 18.7 Å². The lowest BCUT2D eigenvalue weighted by Crippen LogP contribution is -2.54. The van der Waals surface area contributed by atoms with Crippen LogP contribution in [-0.4, -0.2) is 42.8 Å². The molecule has 2 atom stereocenters. The minimum absolute atomic E-state index is 0.0497. The first kappa shape index (κ1) is 21.6. The second-order valence-corrected chi connectivity index (χ2v) is 8.60. The summed E-state index contributed by atoms with van der Waals surface area (Å²) >= 11 is 0. The molecule has 2 unspecified atom stereocenters. The molecule has 31 heavy (non-hydrogen) atoms. The summed E-state index contributed by atoms with van der Waals surface area (Å²) in [4.78, 5) is 20.4. The van der Waals surface area contributed by atoms with Gasteiger partial charge in [-0.05, 0) is 54.7 Å². The van der Waals surface area contributed by atoms with E-state index in [0.717, 1.165) is 24.9 Å². The van der Waals surface area contributed by atoms with E-state index < -0.39 is 6.09 Å². The molecular formula is C26H32N2O3. The van der Waals surface area contributed by atoms with Crippen LogP contribution in [-0.2, 0) is 9.57 Å². The smallest absolute Gasteiger partial charge is 0.439 e. The Morgan fingerprint density at radius 3 is 2.32 bits per heavy atom. The van der Waals surface area contributed by atoms with Gasteiger partial charge in [0.05, 0.1) is 12.8 Å². The van der Waals surface area contributed by atoms with Gasteiger partial charge in [0.25, 0.3) is 0 Å². The van der Waals surface area contributed by atoms with E-state index in [4.69, 9.17) is 9.57 Å². The van der Waals surface area contributed by atoms with Crippen molar-refractivity contribution in [3.63, 3.8) is 0 Å². The summed E-state index contributed by atoms with van der Waals surface area (Å²) in [6, 6.07) is 17.1. The maximum atomic E-state index is 12.6. The Balaban J connectivity index is 0.000000325. The van der Waals surface area contributed by atoms with Crippen molar-refractivity contribution in [1.29, 1.82) is 0 Å². The summed E-state index contributed by atoms with van der Waals surface area (Å²) in [6.45, 7) is 6.78. The Kier molecular flexibility index (Phi) is 6.73. The number of amides is 1. The fourth-order valence-electron chi connectivity index (χ4n) is 4.88. The molecule has 1 aromatic carbocycles. The summed E-state index contributed by atoms with van der Waals surface area (Å²) in [6.07, 6.45) is 6.87. The monoisotopic (exact) mass is 420 g/mol. The molecule has 5 rings (SSSR count). The average Bonchev–Trinajstić information content (AvgIpc) is 3.34. The van der Waals surface area contributed by atoms with Gasteiger partial charge in [-0.3, -0.25) is 9.74 Å². The number of aryl methyl sites for hydroxylation is 1. The third kappa shape index (κ3) is 5.17. The largest absolute Gasteiger partial charge is 0.444 e.